The van der Waals surface area contributed by atoms with Crippen molar-refractivity contribution >= 4 is 21.6 Å². The number of carbonyl (C=O) groups excluding carboxylic acids is 1. The Kier molecular flexibility index (Phi) is 5.57. The van der Waals surface area contributed by atoms with Gasteiger partial charge in [-0.25, -0.2) is 8.42 Å². The van der Waals surface area contributed by atoms with Crippen LogP contribution in [-0.2, 0) is 21.2 Å². The van der Waals surface area contributed by atoms with Gasteiger partial charge >= 0.3 is 0 Å². The molecule has 9 heteroatoms. The molecular formula is C21H23N3O5S. The monoisotopic (exact) mass is 429 g/mol. The second-order valence-electron chi connectivity index (χ2n) is 7.63. The Morgan fingerprint density at radius 1 is 1.03 bits per heavy atom. The van der Waals surface area contributed by atoms with Gasteiger partial charge in [-0.3, -0.25) is 14.9 Å². The van der Waals surface area contributed by atoms with Crippen LogP contribution in [0.3, 0.4) is 0 Å². The number of nitrogens with zero attached hydrogens (tertiary/aromatic N) is 3. The first kappa shape index (κ1) is 20.5. The van der Waals surface area contributed by atoms with E-state index in [1.54, 1.807) is 4.90 Å². The maximum atomic E-state index is 13.1. The third-order valence-electron chi connectivity index (χ3n) is 5.88. The molecule has 0 bridgehead atoms. The van der Waals surface area contributed by atoms with Crippen molar-refractivity contribution in [3.63, 3.8) is 0 Å². The zero-order valence-electron chi connectivity index (χ0n) is 16.4. The third kappa shape index (κ3) is 3.82. The van der Waals surface area contributed by atoms with E-state index in [4.69, 9.17) is 0 Å². The lowest BCUT2D eigenvalue weighted by molar-refractivity contribution is -0.385. The quantitative estimate of drug-likeness (QED) is 0.549. The van der Waals surface area contributed by atoms with E-state index >= 15 is 0 Å². The third-order valence-corrected chi connectivity index (χ3v) is 7.78. The molecule has 1 unspecified atom stereocenters. The van der Waals surface area contributed by atoms with Crippen LogP contribution in [0.15, 0.2) is 53.4 Å². The molecule has 2 aromatic carbocycles. The molecule has 0 spiro atoms. The van der Waals surface area contributed by atoms with Gasteiger partial charge in [-0.1, -0.05) is 30.3 Å². The second kappa shape index (κ2) is 8.16. The van der Waals surface area contributed by atoms with Crippen molar-refractivity contribution in [2.45, 2.75) is 30.1 Å². The van der Waals surface area contributed by atoms with Gasteiger partial charge in [0.25, 0.3) is 5.69 Å². The van der Waals surface area contributed by atoms with E-state index in [-0.39, 0.29) is 35.5 Å². The molecule has 0 aromatic heterocycles. The number of non-ortho nitro benzene ring substituents is 1. The maximum Gasteiger partial charge on any atom is 0.270 e. The van der Waals surface area contributed by atoms with Crippen LogP contribution >= 0.6 is 0 Å². The van der Waals surface area contributed by atoms with Gasteiger partial charge in [0.05, 0.1) is 15.7 Å². The fourth-order valence-electron chi connectivity index (χ4n) is 4.29. The molecular weight excluding hydrogens is 406 g/mol. The van der Waals surface area contributed by atoms with Gasteiger partial charge in [-0.15, -0.1) is 0 Å². The summed E-state index contributed by atoms with van der Waals surface area (Å²) in [6.45, 7) is 0.966. The lowest BCUT2D eigenvalue weighted by Crippen LogP contribution is -2.51. The topological polar surface area (TPSA) is 101 Å². The Hall–Kier alpha value is -2.78. The number of nitro benzene ring substituents is 1. The predicted octanol–water partition coefficient (Wildman–Crippen LogP) is 2.55. The molecule has 1 aliphatic heterocycles. The van der Waals surface area contributed by atoms with Crippen LogP contribution in [0, 0.1) is 10.1 Å². The molecule has 1 fully saturated rings. The van der Waals surface area contributed by atoms with Crippen LogP contribution in [0.2, 0.25) is 0 Å². The van der Waals surface area contributed by atoms with Crippen molar-refractivity contribution in [2.24, 2.45) is 0 Å². The summed E-state index contributed by atoms with van der Waals surface area (Å²) in [6, 6.07) is 13.1. The highest BCUT2D eigenvalue weighted by Gasteiger charge is 2.34. The first-order chi connectivity index (χ1) is 14.4. The maximum absolute atomic E-state index is 13.1. The van der Waals surface area contributed by atoms with E-state index in [0.29, 0.717) is 13.1 Å². The van der Waals surface area contributed by atoms with Crippen LogP contribution in [0.4, 0.5) is 5.69 Å². The molecule has 30 heavy (non-hydrogen) atoms. The Labute approximate surface area is 175 Å². The number of hydrogen-bond donors (Lipinski definition) is 0. The average Bonchev–Trinajstić information content (AvgIpc) is 2.78. The van der Waals surface area contributed by atoms with Crippen LogP contribution in [0.1, 0.15) is 29.9 Å². The van der Waals surface area contributed by atoms with E-state index in [0.717, 1.165) is 30.9 Å². The van der Waals surface area contributed by atoms with Crippen molar-refractivity contribution in [1.82, 2.24) is 9.21 Å². The number of nitro groups is 1. The number of carbonyl (C=O) groups is 1. The van der Waals surface area contributed by atoms with Crippen LogP contribution in [0.5, 0.6) is 0 Å². The molecule has 0 N–H and O–H groups in total. The highest BCUT2D eigenvalue weighted by atomic mass is 32.2. The summed E-state index contributed by atoms with van der Waals surface area (Å²) in [5, 5.41) is 11.0. The number of amides is 1. The number of rotatable bonds is 4. The summed E-state index contributed by atoms with van der Waals surface area (Å²) in [5.74, 6) is -0.121. The van der Waals surface area contributed by atoms with Crippen molar-refractivity contribution < 1.29 is 18.1 Å². The van der Waals surface area contributed by atoms with Gasteiger partial charge in [0.1, 0.15) is 0 Å². The van der Waals surface area contributed by atoms with Gasteiger partial charge < -0.3 is 4.90 Å². The molecule has 8 nitrogen and oxygen atoms in total. The molecule has 1 saturated heterocycles. The van der Waals surface area contributed by atoms with Gasteiger partial charge in [0, 0.05) is 38.3 Å². The van der Waals surface area contributed by atoms with Gasteiger partial charge in [-0.05, 0) is 36.5 Å². The standard InChI is InChI=1S/C21H23N3O5S/c25-21(20-10-3-6-16-5-1-2-9-19(16)20)22-11-13-23(14-12-22)30(28,29)18-8-4-7-17(15-18)24(26)27/h1-2,4-5,7-9,15,20H,3,6,10-14H2. The summed E-state index contributed by atoms with van der Waals surface area (Å²) < 4.78 is 27.1. The molecule has 2 aliphatic rings. The minimum Gasteiger partial charge on any atom is -0.340 e. The van der Waals surface area contributed by atoms with Gasteiger partial charge in [0.15, 0.2) is 0 Å². The van der Waals surface area contributed by atoms with E-state index in [2.05, 4.69) is 6.07 Å². The summed E-state index contributed by atoms with van der Waals surface area (Å²) in [5.41, 5.74) is 2.04. The van der Waals surface area contributed by atoms with Crippen molar-refractivity contribution in [1.29, 1.82) is 0 Å². The van der Waals surface area contributed by atoms with E-state index in [1.165, 1.54) is 28.1 Å². The van der Waals surface area contributed by atoms with Gasteiger partial charge in [0.2, 0.25) is 15.9 Å². The van der Waals surface area contributed by atoms with Crippen molar-refractivity contribution in [3.05, 3.63) is 69.8 Å². The largest absolute Gasteiger partial charge is 0.340 e. The first-order valence-electron chi connectivity index (χ1n) is 9.99. The summed E-state index contributed by atoms with van der Waals surface area (Å²) in [6.07, 6.45) is 2.76. The van der Waals surface area contributed by atoms with Crippen molar-refractivity contribution in [3.8, 4) is 0 Å². The molecule has 158 valence electrons. The fourth-order valence-corrected chi connectivity index (χ4v) is 5.75. The Bertz CT molecular complexity index is 1080. The minimum absolute atomic E-state index is 0.0505. The number of benzene rings is 2. The average molecular weight is 429 g/mol. The summed E-state index contributed by atoms with van der Waals surface area (Å²) >= 11 is 0. The van der Waals surface area contributed by atoms with E-state index in [1.807, 2.05) is 18.2 Å². The van der Waals surface area contributed by atoms with Crippen LogP contribution < -0.4 is 0 Å². The highest BCUT2D eigenvalue weighted by molar-refractivity contribution is 7.89. The predicted molar refractivity (Wildman–Crippen MR) is 111 cm³/mol. The van der Waals surface area contributed by atoms with Crippen LogP contribution in [-0.4, -0.2) is 54.6 Å². The highest BCUT2D eigenvalue weighted by Crippen LogP contribution is 2.33. The zero-order chi connectivity index (χ0) is 21.3. The summed E-state index contributed by atoms with van der Waals surface area (Å²) in [7, 11) is -3.85. The lowest BCUT2D eigenvalue weighted by atomic mass is 9.82. The number of piperazine rings is 1. The minimum atomic E-state index is -3.85. The fraction of sp³-hybridized carbons (Fsp3) is 0.381. The molecule has 1 aliphatic carbocycles. The van der Waals surface area contributed by atoms with E-state index in [9.17, 15) is 23.3 Å². The number of fused-ring (bicyclic) bond motifs is 1. The molecule has 1 heterocycles. The normalized spacial score (nSPS) is 19.9. The van der Waals surface area contributed by atoms with Crippen LogP contribution in [0.25, 0.3) is 0 Å². The molecule has 0 saturated carbocycles. The number of sulfonamides is 1. The first-order valence-corrected chi connectivity index (χ1v) is 11.4. The zero-order valence-corrected chi connectivity index (χ0v) is 17.3. The molecule has 1 amide bonds. The Balaban J connectivity index is 1.46. The van der Waals surface area contributed by atoms with Crippen molar-refractivity contribution in [2.75, 3.05) is 26.2 Å². The molecule has 1 atom stereocenters. The summed E-state index contributed by atoms with van der Waals surface area (Å²) in [4.78, 5) is 25.1. The molecule has 4 rings (SSSR count). The number of hydrogen-bond acceptors (Lipinski definition) is 5. The van der Waals surface area contributed by atoms with E-state index < -0.39 is 14.9 Å². The Morgan fingerprint density at radius 2 is 1.77 bits per heavy atom. The van der Waals surface area contributed by atoms with Gasteiger partial charge in [-0.2, -0.15) is 4.31 Å². The smallest absolute Gasteiger partial charge is 0.270 e. The molecule has 0 radical (unpaired) electrons. The lowest BCUT2D eigenvalue weighted by Gasteiger charge is -2.37. The Morgan fingerprint density at radius 3 is 2.50 bits per heavy atom. The molecule has 2 aromatic rings. The second-order valence-corrected chi connectivity index (χ2v) is 9.57. The SMILES string of the molecule is O=C(C1CCCc2ccccc21)N1CCN(S(=O)(=O)c2cccc([N+](=O)[O-])c2)CC1. The number of aryl methyl sites for hydroxylation is 1.